The molecule has 3 rings (SSSR count). The molecule has 0 fully saturated rings. The van der Waals surface area contributed by atoms with Crippen LogP contribution in [0.4, 0.5) is 5.69 Å². The zero-order valence-corrected chi connectivity index (χ0v) is 14.4. The molecule has 1 aliphatic carbocycles. The molecule has 22 heavy (non-hydrogen) atoms. The number of phenols is 1. The Balaban J connectivity index is 2.15. The fourth-order valence-electron chi connectivity index (χ4n) is 3.25. The highest BCUT2D eigenvalue weighted by Gasteiger charge is 2.31. The van der Waals surface area contributed by atoms with Crippen LogP contribution in [-0.4, -0.2) is 15.3 Å². The van der Waals surface area contributed by atoms with E-state index in [9.17, 15) is 9.90 Å². The van der Waals surface area contributed by atoms with Crippen LogP contribution in [0.1, 0.15) is 47.9 Å². The molecule has 0 saturated carbocycles. The molecule has 0 saturated heterocycles. The standard InChI is InChI=1S/C18H21NO2S/c1-9-10(2)15(12(4)16(20)11(9)3)19-17-13-7-5-6-8-14(13)18(21)22-17/h20H,5-8H2,1-4H3. The number of thioether (sulfide) groups is 1. The molecule has 0 unspecified atom stereocenters. The van der Waals surface area contributed by atoms with Gasteiger partial charge < -0.3 is 5.11 Å². The Bertz CT molecular complexity index is 715. The number of nitrogens with zero attached hydrogens (tertiary/aromatic N) is 1. The number of carbonyl (C=O) groups excluding carboxylic acids is 1. The average Bonchev–Trinajstić information content (AvgIpc) is 2.84. The van der Waals surface area contributed by atoms with Gasteiger partial charge in [0.25, 0.3) is 0 Å². The lowest BCUT2D eigenvalue weighted by molar-refractivity contribution is -0.107. The Hall–Kier alpha value is -1.55. The second-order valence-electron chi connectivity index (χ2n) is 6.17. The molecule has 0 aromatic heterocycles. The van der Waals surface area contributed by atoms with Crippen LogP contribution < -0.4 is 0 Å². The van der Waals surface area contributed by atoms with Crippen LogP contribution in [0, 0.1) is 27.7 Å². The molecule has 1 aliphatic heterocycles. The van der Waals surface area contributed by atoms with Gasteiger partial charge in [-0.3, -0.25) is 4.79 Å². The van der Waals surface area contributed by atoms with Gasteiger partial charge in [-0.25, -0.2) is 4.99 Å². The molecule has 0 amide bonds. The van der Waals surface area contributed by atoms with Crippen LogP contribution in [0.15, 0.2) is 16.1 Å². The van der Waals surface area contributed by atoms with Crippen LogP contribution in [-0.2, 0) is 4.79 Å². The monoisotopic (exact) mass is 315 g/mol. The summed E-state index contributed by atoms with van der Waals surface area (Å²) in [6.07, 6.45) is 4.06. The summed E-state index contributed by atoms with van der Waals surface area (Å²) in [4.78, 5) is 16.9. The Morgan fingerprint density at radius 1 is 0.909 bits per heavy atom. The van der Waals surface area contributed by atoms with Crippen LogP contribution in [0.3, 0.4) is 0 Å². The zero-order valence-electron chi connectivity index (χ0n) is 13.5. The van der Waals surface area contributed by atoms with Gasteiger partial charge in [-0.05, 0) is 87.4 Å². The number of benzene rings is 1. The van der Waals surface area contributed by atoms with Gasteiger partial charge in [-0.2, -0.15) is 0 Å². The molecule has 0 bridgehead atoms. The number of rotatable bonds is 1. The third-order valence-corrected chi connectivity index (χ3v) is 5.88. The SMILES string of the molecule is Cc1c(C)c(O)c(C)c(N=C2SC(=O)C3=C2CCCC3)c1C. The maximum Gasteiger partial charge on any atom is 0.221 e. The van der Waals surface area contributed by atoms with Crippen LogP contribution in [0.25, 0.3) is 0 Å². The van der Waals surface area contributed by atoms with E-state index >= 15 is 0 Å². The molecular formula is C18H21NO2S. The molecule has 2 aliphatic rings. The Morgan fingerprint density at radius 3 is 2.23 bits per heavy atom. The fourth-order valence-corrected chi connectivity index (χ4v) is 4.26. The fraction of sp³-hybridized carbons (Fsp3) is 0.444. The van der Waals surface area contributed by atoms with E-state index in [0.29, 0.717) is 5.75 Å². The van der Waals surface area contributed by atoms with Crippen molar-refractivity contribution in [2.24, 2.45) is 4.99 Å². The highest BCUT2D eigenvalue weighted by molar-refractivity contribution is 8.27. The first-order valence-corrected chi connectivity index (χ1v) is 8.56. The third kappa shape index (κ3) is 2.30. The molecule has 1 aromatic rings. The van der Waals surface area contributed by atoms with Gasteiger partial charge in [0.05, 0.1) is 5.69 Å². The third-order valence-electron chi connectivity index (χ3n) is 4.92. The van der Waals surface area contributed by atoms with E-state index in [4.69, 9.17) is 4.99 Å². The van der Waals surface area contributed by atoms with Crippen molar-refractivity contribution in [3.8, 4) is 5.75 Å². The van der Waals surface area contributed by atoms with Crippen molar-refractivity contribution in [1.82, 2.24) is 0 Å². The van der Waals surface area contributed by atoms with Crippen LogP contribution in [0.5, 0.6) is 5.75 Å². The molecule has 1 aromatic carbocycles. The molecule has 4 heteroatoms. The Labute approximate surface area is 135 Å². The normalized spacial score (nSPS) is 20.0. The molecule has 3 nitrogen and oxygen atoms in total. The zero-order chi connectivity index (χ0) is 16.0. The van der Waals surface area contributed by atoms with Crippen LogP contribution in [0.2, 0.25) is 0 Å². The molecule has 0 spiro atoms. The Morgan fingerprint density at radius 2 is 1.55 bits per heavy atom. The molecule has 0 atom stereocenters. The summed E-state index contributed by atoms with van der Waals surface area (Å²) in [5, 5.41) is 11.3. The summed E-state index contributed by atoms with van der Waals surface area (Å²) in [7, 11) is 0. The van der Waals surface area contributed by atoms with Crippen molar-refractivity contribution in [3.05, 3.63) is 33.4 Å². The number of hydrogen-bond acceptors (Lipinski definition) is 4. The molecular weight excluding hydrogens is 294 g/mol. The highest BCUT2D eigenvalue weighted by atomic mass is 32.2. The lowest BCUT2D eigenvalue weighted by Crippen LogP contribution is -2.02. The molecule has 116 valence electrons. The second-order valence-corrected chi connectivity index (χ2v) is 7.13. The number of aromatic hydroxyl groups is 1. The maximum absolute atomic E-state index is 12.1. The first-order chi connectivity index (χ1) is 10.4. The lowest BCUT2D eigenvalue weighted by Gasteiger charge is -2.16. The summed E-state index contributed by atoms with van der Waals surface area (Å²) in [5.41, 5.74) is 6.77. The van der Waals surface area contributed by atoms with Crippen molar-refractivity contribution in [2.45, 2.75) is 53.4 Å². The quantitative estimate of drug-likeness (QED) is 0.810. The predicted molar refractivity (Wildman–Crippen MR) is 92.2 cm³/mol. The van der Waals surface area contributed by atoms with Crippen molar-refractivity contribution in [2.75, 3.05) is 0 Å². The number of hydrogen-bond donors (Lipinski definition) is 1. The topological polar surface area (TPSA) is 49.7 Å². The van der Waals surface area contributed by atoms with E-state index in [0.717, 1.165) is 69.8 Å². The summed E-state index contributed by atoms with van der Waals surface area (Å²) < 4.78 is 0. The van der Waals surface area contributed by atoms with E-state index in [2.05, 4.69) is 0 Å². The van der Waals surface area contributed by atoms with Gasteiger partial charge in [0.2, 0.25) is 5.12 Å². The molecule has 1 N–H and O–H groups in total. The average molecular weight is 315 g/mol. The number of phenolic OH excluding ortho intramolecular Hbond substituents is 1. The highest BCUT2D eigenvalue weighted by Crippen LogP contribution is 2.42. The number of carbonyl (C=O) groups is 1. The molecule has 1 heterocycles. The van der Waals surface area contributed by atoms with E-state index in [-0.39, 0.29) is 5.12 Å². The van der Waals surface area contributed by atoms with Gasteiger partial charge in [-0.15, -0.1) is 0 Å². The first kappa shape index (κ1) is 15.3. The Kier molecular flexibility index (Phi) is 3.89. The van der Waals surface area contributed by atoms with Crippen molar-refractivity contribution >= 4 is 27.6 Å². The van der Waals surface area contributed by atoms with Crippen molar-refractivity contribution < 1.29 is 9.90 Å². The predicted octanol–water partition coefficient (Wildman–Crippen LogP) is 4.80. The smallest absolute Gasteiger partial charge is 0.221 e. The minimum Gasteiger partial charge on any atom is -0.507 e. The van der Waals surface area contributed by atoms with Gasteiger partial charge >= 0.3 is 0 Å². The van der Waals surface area contributed by atoms with Gasteiger partial charge in [0, 0.05) is 11.1 Å². The van der Waals surface area contributed by atoms with Gasteiger partial charge in [0.15, 0.2) is 0 Å². The number of aliphatic imine (C=N–C) groups is 1. The summed E-state index contributed by atoms with van der Waals surface area (Å²) in [6.45, 7) is 7.86. The summed E-state index contributed by atoms with van der Waals surface area (Å²) >= 11 is 1.25. The maximum atomic E-state index is 12.1. The van der Waals surface area contributed by atoms with E-state index < -0.39 is 0 Å². The van der Waals surface area contributed by atoms with Crippen LogP contribution >= 0.6 is 11.8 Å². The molecule has 0 radical (unpaired) electrons. The second kappa shape index (κ2) is 5.58. The van der Waals surface area contributed by atoms with E-state index in [1.54, 1.807) is 0 Å². The van der Waals surface area contributed by atoms with Crippen molar-refractivity contribution in [3.63, 3.8) is 0 Å². The van der Waals surface area contributed by atoms with E-state index in [1.807, 2.05) is 27.7 Å². The van der Waals surface area contributed by atoms with Gasteiger partial charge in [-0.1, -0.05) is 0 Å². The largest absolute Gasteiger partial charge is 0.507 e. The summed E-state index contributed by atoms with van der Waals surface area (Å²) in [6, 6.07) is 0. The minimum atomic E-state index is 0.164. The minimum absolute atomic E-state index is 0.164. The summed E-state index contributed by atoms with van der Waals surface area (Å²) in [5.74, 6) is 0.314. The van der Waals surface area contributed by atoms with Gasteiger partial charge in [0.1, 0.15) is 10.8 Å². The van der Waals surface area contributed by atoms with E-state index in [1.165, 1.54) is 11.8 Å². The lowest BCUT2D eigenvalue weighted by atomic mass is 9.93. The van der Waals surface area contributed by atoms with Crippen molar-refractivity contribution in [1.29, 1.82) is 0 Å². The first-order valence-electron chi connectivity index (χ1n) is 7.74.